The van der Waals surface area contributed by atoms with Crippen molar-refractivity contribution in [3.63, 3.8) is 0 Å². The van der Waals surface area contributed by atoms with Crippen molar-refractivity contribution in [2.24, 2.45) is 0 Å². The van der Waals surface area contributed by atoms with Gasteiger partial charge in [0.25, 0.3) is 0 Å². The third-order valence-electron chi connectivity index (χ3n) is 2.00. The van der Waals surface area contributed by atoms with E-state index >= 15 is 0 Å². The Bertz CT molecular complexity index is 510. The fourth-order valence-electron chi connectivity index (χ4n) is 1.40. The minimum atomic E-state index is -2.25. The first-order chi connectivity index (χ1) is 6.70. The molecule has 15 heavy (non-hydrogen) atoms. The number of fused-ring (bicyclic) bond motifs is 1. The van der Waals surface area contributed by atoms with Gasteiger partial charge in [-0.1, -0.05) is 35.9 Å². The van der Waals surface area contributed by atoms with E-state index in [1.807, 2.05) is 12.1 Å². The minimum Gasteiger partial charge on any atom is -0.768 e. The molecule has 0 aliphatic heterocycles. The third kappa shape index (κ3) is 2.44. The summed E-state index contributed by atoms with van der Waals surface area (Å²) < 4.78 is 21.8. The fourth-order valence-corrected chi connectivity index (χ4v) is 2.32. The molecular weight excluding hydrogens is 227 g/mol. The number of halogens is 1. The molecule has 2 aromatic carbocycles. The maximum Gasteiger partial charge on any atom is 1.00 e. The monoisotopic (exact) mass is 232 g/mol. The van der Waals surface area contributed by atoms with Crippen LogP contribution in [0, 0.1) is 0 Å². The normalized spacial score (nSPS) is 12.1. The van der Waals surface area contributed by atoms with Crippen molar-refractivity contribution in [1.29, 1.82) is 0 Å². The molecule has 2 nitrogen and oxygen atoms in total. The van der Waals surface area contributed by atoms with Gasteiger partial charge in [-0.3, -0.25) is 4.21 Å². The van der Waals surface area contributed by atoms with Gasteiger partial charge >= 0.3 is 18.9 Å². The molecule has 0 aromatic heterocycles. The predicted molar refractivity (Wildman–Crippen MR) is 56.1 cm³/mol. The first-order valence-electron chi connectivity index (χ1n) is 3.96. The van der Waals surface area contributed by atoms with Gasteiger partial charge in [-0.05, 0) is 28.6 Å². The topological polar surface area (TPSA) is 40.1 Å². The number of rotatable bonds is 1. The van der Waals surface area contributed by atoms with Crippen molar-refractivity contribution in [2.45, 2.75) is 4.90 Å². The van der Waals surface area contributed by atoms with E-state index in [2.05, 4.69) is 0 Å². The summed E-state index contributed by atoms with van der Waals surface area (Å²) in [4.78, 5) is 0.244. The molecule has 0 saturated heterocycles. The van der Waals surface area contributed by atoms with Crippen molar-refractivity contribution >= 4 is 33.5 Å². The van der Waals surface area contributed by atoms with E-state index in [0.717, 1.165) is 5.39 Å². The maximum absolute atomic E-state index is 10.9. The van der Waals surface area contributed by atoms with Gasteiger partial charge in [0.2, 0.25) is 0 Å². The van der Waals surface area contributed by atoms with E-state index in [1.54, 1.807) is 18.2 Å². The summed E-state index contributed by atoms with van der Waals surface area (Å²) in [6.45, 7) is 0. The smallest absolute Gasteiger partial charge is 0.768 e. The second-order valence-corrected chi connectivity index (χ2v) is 4.15. The number of hydrogen-bond acceptors (Lipinski definition) is 2. The summed E-state index contributed by atoms with van der Waals surface area (Å²) >= 11 is 3.68. The molecule has 0 bridgehead atoms. The van der Waals surface area contributed by atoms with Crippen LogP contribution in [0.5, 0.6) is 0 Å². The summed E-state index contributed by atoms with van der Waals surface area (Å²) in [5, 5.41) is 1.88. The van der Waals surface area contributed by atoms with Crippen LogP contribution in [-0.2, 0) is 11.1 Å². The van der Waals surface area contributed by atoms with Crippen LogP contribution in [0.25, 0.3) is 10.8 Å². The van der Waals surface area contributed by atoms with Gasteiger partial charge in [-0.25, -0.2) is 0 Å². The summed E-state index contributed by atoms with van der Waals surface area (Å²) in [5.41, 5.74) is 0. The zero-order valence-electron chi connectivity index (χ0n) is 8.07. The van der Waals surface area contributed by atoms with E-state index in [4.69, 9.17) is 11.6 Å². The molecule has 0 fully saturated rings. The van der Waals surface area contributed by atoms with Crippen LogP contribution in [0.15, 0.2) is 41.3 Å². The average Bonchev–Trinajstić information content (AvgIpc) is 2.17. The van der Waals surface area contributed by atoms with Crippen LogP contribution < -0.4 is 18.9 Å². The van der Waals surface area contributed by atoms with Crippen molar-refractivity contribution in [3.8, 4) is 0 Å². The molecule has 0 radical (unpaired) electrons. The Morgan fingerprint density at radius 3 is 2.33 bits per heavy atom. The molecule has 0 aliphatic rings. The van der Waals surface area contributed by atoms with Crippen LogP contribution in [0.1, 0.15) is 0 Å². The van der Waals surface area contributed by atoms with E-state index in [9.17, 15) is 8.76 Å². The molecular formula is C10H6ClLiO2S. The molecule has 0 amide bonds. The molecule has 0 N–H and O–H groups in total. The molecule has 1 atom stereocenters. The Kier molecular flexibility index (Phi) is 4.39. The van der Waals surface area contributed by atoms with Crippen molar-refractivity contribution in [3.05, 3.63) is 41.4 Å². The van der Waals surface area contributed by atoms with Crippen LogP contribution >= 0.6 is 11.6 Å². The first-order valence-corrected chi connectivity index (χ1v) is 5.42. The second-order valence-electron chi connectivity index (χ2n) is 2.83. The molecule has 1 unspecified atom stereocenters. The Labute approximate surface area is 107 Å². The van der Waals surface area contributed by atoms with Gasteiger partial charge in [-0.2, -0.15) is 0 Å². The Hall–Kier alpha value is -0.303. The summed E-state index contributed by atoms with van der Waals surface area (Å²) in [7, 11) is 0. The largest absolute Gasteiger partial charge is 1.00 e. The Morgan fingerprint density at radius 2 is 1.73 bits per heavy atom. The predicted octanol–water partition coefficient (Wildman–Crippen LogP) is -0.265. The van der Waals surface area contributed by atoms with Crippen LogP contribution in [0.3, 0.4) is 0 Å². The van der Waals surface area contributed by atoms with E-state index in [1.165, 1.54) is 6.07 Å². The van der Waals surface area contributed by atoms with Gasteiger partial charge in [0.05, 0.1) is 0 Å². The molecule has 2 rings (SSSR count). The average molecular weight is 233 g/mol. The quantitative estimate of drug-likeness (QED) is 0.502. The SMILES string of the molecule is O=S([O-])c1cccc2cccc(Cl)c12.[Li+]. The van der Waals surface area contributed by atoms with E-state index < -0.39 is 11.1 Å². The molecule has 0 heterocycles. The van der Waals surface area contributed by atoms with Crippen LogP contribution in [0.4, 0.5) is 0 Å². The van der Waals surface area contributed by atoms with Gasteiger partial charge in [-0.15, -0.1) is 0 Å². The summed E-state index contributed by atoms with van der Waals surface area (Å²) in [5.74, 6) is 0. The molecule has 0 spiro atoms. The van der Waals surface area contributed by atoms with E-state index in [-0.39, 0.29) is 23.8 Å². The molecule has 5 heteroatoms. The number of benzene rings is 2. The third-order valence-corrected chi connectivity index (χ3v) is 3.01. The second kappa shape index (κ2) is 5.16. The Morgan fingerprint density at radius 1 is 1.13 bits per heavy atom. The molecule has 0 aliphatic carbocycles. The Balaban J connectivity index is 0.00000112. The van der Waals surface area contributed by atoms with Crippen LogP contribution in [-0.4, -0.2) is 8.76 Å². The zero-order chi connectivity index (χ0) is 10.1. The fraction of sp³-hybridized carbons (Fsp3) is 0. The minimum absolute atomic E-state index is 0. The summed E-state index contributed by atoms with van der Waals surface area (Å²) in [6.07, 6.45) is 0. The first kappa shape index (κ1) is 12.8. The number of hydrogen-bond donors (Lipinski definition) is 0. The van der Waals surface area contributed by atoms with Gasteiger partial charge in [0.15, 0.2) is 0 Å². The van der Waals surface area contributed by atoms with Gasteiger partial charge in [0, 0.05) is 15.3 Å². The van der Waals surface area contributed by atoms with Gasteiger partial charge in [0.1, 0.15) is 0 Å². The standard InChI is InChI=1S/C10H7ClO2S.Li/c11-8-5-1-3-7-4-2-6-9(10(7)8)14(12)13;/h1-6H,(H,12,13);/q;+1/p-1. The maximum atomic E-state index is 10.9. The van der Waals surface area contributed by atoms with Gasteiger partial charge < -0.3 is 4.55 Å². The van der Waals surface area contributed by atoms with Crippen molar-refractivity contribution in [1.82, 2.24) is 0 Å². The van der Waals surface area contributed by atoms with Crippen LogP contribution in [0.2, 0.25) is 5.02 Å². The van der Waals surface area contributed by atoms with Crippen molar-refractivity contribution < 1.29 is 27.6 Å². The van der Waals surface area contributed by atoms with Crippen molar-refractivity contribution in [2.75, 3.05) is 0 Å². The summed E-state index contributed by atoms with van der Waals surface area (Å²) in [6, 6.07) is 10.4. The van der Waals surface area contributed by atoms with E-state index in [0.29, 0.717) is 10.4 Å². The molecule has 0 saturated carbocycles. The zero-order valence-corrected chi connectivity index (χ0v) is 9.64. The molecule has 2 aromatic rings. The molecule has 72 valence electrons.